The Morgan fingerprint density at radius 3 is 2.78 bits per heavy atom. The highest BCUT2D eigenvalue weighted by Gasteiger charge is 2.07. The van der Waals surface area contributed by atoms with Crippen LogP contribution in [0.4, 0.5) is 5.69 Å². The number of aromatic nitrogens is 1. The molecule has 1 aromatic heterocycles. The summed E-state index contributed by atoms with van der Waals surface area (Å²) in [6, 6.07) is 1.63. The maximum Gasteiger partial charge on any atom is 0.337 e. The highest BCUT2D eigenvalue weighted by Crippen LogP contribution is 2.07. The maximum atomic E-state index is 11.6. The molecule has 0 radical (unpaired) electrons. The lowest BCUT2D eigenvalue weighted by Gasteiger charge is -2.11. The van der Waals surface area contributed by atoms with E-state index in [4.69, 9.17) is 5.11 Å². The number of aromatic carboxylic acids is 1. The SMILES string of the molecule is CCC(C)NCC(=O)Nc1cncc(C(=O)O)c1. The monoisotopic (exact) mass is 251 g/mol. The number of carbonyl (C=O) groups is 2. The second-order valence-electron chi connectivity index (χ2n) is 4.01. The summed E-state index contributed by atoms with van der Waals surface area (Å²) >= 11 is 0. The highest BCUT2D eigenvalue weighted by atomic mass is 16.4. The van der Waals surface area contributed by atoms with E-state index in [1.165, 1.54) is 18.5 Å². The first-order valence-corrected chi connectivity index (χ1v) is 5.74. The number of hydrogen-bond donors (Lipinski definition) is 3. The molecular formula is C12H17N3O3. The number of nitrogens with zero attached hydrogens (tertiary/aromatic N) is 1. The van der Waals surface area contributed by atoms with Crippen molar-refractivity contribution in [3.8, 4) is 0 Å². The van der Waals surface area contributed by atoms with Gasteiger partial charge in [-0.25, -0.2) is 4.79 Å². The van der Waals surface area contributed by atoms with E-state index in [-0.39, 0.29) is 24.1 Å². The Hall–Kier alpha value is -1.95. The van der Waals surface area contributed by atoms with Crippen LogP contribution in [0.5, 0.6) is 0 Å². The number of carboxylic acids is 1. The zero-order valence-electron chi connectivity index (χ0n) is 10.4. The molecule has 98 valence electrons. The summed E-state index contributed by atoms with van der Waals surface area (Å²) in [5.41, 5.74) is 0.425. The average molecular weight is 251 g/mol. The standard InChI is InChI=1S/C12H17N3O3/c1-3-8(2)14-7-11(16)15-10-4-9(12(17)18)5-13-6-10/h4-6,8,14H,3,7H2,1-2H3,(H,15,16)(H,17,18). The van der Waals surface area contributed by atoms with E-state index < -0.39 is 5.97 Å². The van der Waals surface area contributed by atoms with Gasteiger partial charge < -0.3 is 15.7 Å². The van der Waals surface area contributed by atoms with Crippen LogP contribution < -0.4 is 10.6 Å². The molecule has 0 saturated carbocycles. The quantitative estimate of drug-likeness (QED) is 0.704. The molecule has 6 nitrogen and oxygen atoms in total. The molecule has 1 rings (SSSR count). The summed E-state index contributed by atoms with van der Waals surface area (Å²) in [6.07, 6.45) is 3.58. The lowest BCUT2D eigenvalue weighted by atomic mass is 10.2. The van der Waals surface area contributed by atoms with Gasteiger partial charge in [-0.3, -0.25) is 9.78 Å². The fourth-order valence-corrected chi connectivity index (χ4v) is 1.24. The minimum absolute atomic E-state index is 0.0442. The maximum absolute atomic E-state index is 11.6. The first-order chi connectivity index (χ1) is 8.52. The van der Waals surface area contributed by atoms with Gasteiger partial charge in [0.05, 0.1) is 24.0 Å². The second kappa shape index (κ2) is 6.70. The van der Waals surface area contributed by atoms with Gasteiger partial charge in [0, 0.05) is 12.2 Å². The van der Waals surface area contributed by atoms with E-state index >= 15 is 0 Å². The Bertz CT molecular complexity index is 434. The lowest BCUT2D eigenvalue weighted by Crippen LogP contribution is -2.34. The van der Waals surface area contributed by atoms with Gasteiger partial charge >= 0.3 is 5.97 Å². The van der Waals surface area contributed by atoms with E-state index in [0.29, 0.717) is 5.69 Å². The number of rotatable bonds is 6. The molecule has 18 heavy (non-hydrogen) atoms. The Labute approximate surface area is 105 Å². The van der Waals surface area contributed by atoms with Gasteiger partial charge in [0.2, 0.25) is 5.91 Å². The van der Waals surface area contributed by atoms with E-state index in [1.54, 1.807) is 0 Å². The zero-order chi connectivity index (χ0) is 13.5. The third kappa shape index (κ3) is 4.50. The fraction of sp³-hybridized carbons (Fsp3) is 0.417. The number of nitrogens with one attached hydrogen (secondary N) is 2. The average Bonchev–Trinajstić information content (AvgIpc) is 2.36. The third-order valence-corrected chi connectivity index (χ3v) is 2.49. The topological polar surface area (TPSA) is 91.3 Å². The summed E-state index contributed by atoms with van der Waals surface area (Å²) in [5.74, 6) is -1.30. The Balaban J connectivity index is 2.54. The van der Waals surface area contributed by atoms with Crippen molar-refractivity contribution in [2.45, 2.75) is 26.3 Å². The van der Waals surface area contributed by atoms with Crippen LogP contribution in [0.15, 0.2) is 18.5 Å². The van der Waals surface area contributed by atoms with Crippen LogP contribution in [0.3, 0.4) is 0 Å². The molecule has 1 atom stereocenters. The van der Waals surface area contributed by atoms with Gasteiger partial charge in [0.15, 0.2) is 0 Å². The van der Waals surface area contributed by atoms with Crippen molar-refractivity contribution in [2.75, 3.05) is 11.9 Å². The number of hydrogen-bond acceptors (Lipinski definition) is 4. The summed E-state index contributed by atoms with van der Waals surface area (Å²) in [5, 5.41) is 14.4. The number of pyridine rings is 1. The third-order valence-electron chi connectivity index (χ3n) is 2.49. The van der Waals surface area contributed by atoms with Crippen molar-refractivity contribution in [2.24, 2.45) is 0 Å². The molecule has 6 heteroatoms. The van der Waals surface area contributed by atoms with Crippen LogP contribution in [-0.4, -0.2) is 34.6 Å². The largest absolute Gasteiger partial charge is 0.478 e. The van der Waals surface area contributed by atoms with E-state index in [0.717, 1.165) is 6.42 Å². The Kier molecular flexibility index (Phi) is 5.26. The molecule has 1 amide bonds. The van der Waals surface area contributed by atoms with Crippen LogP contribution in [0.25, 0.3) is 0 Å². The zero-order valence-corrected chi connectivity index (χ0v) is 10.4. The highest BCUT2D eigenvalue weighted by molar-refractivity contribution is 5.94. The van der Waals surface area contributed by atoms with Gasteiger partial charge in [0.1, 0.15) is 0 Å². The fourth-order valence-electron chi connectivity index (χ4n) is 1.24. The molecule has 0 aromatic carbocycles. The molecule has 0 saturated heterocycles. The van der Waals surface area contributed by atoms with Gasteiger partial charge in [-0.2, -0.15) is 0 Å². The first kappa shape index (κ1) is 14.1. The van der Waals surface area contributed by atoms with Crippen molar-refractivity contribution in [1.82, 2.24) is 10.3 Å². The molecule has 3 N–H and O–H groups in total. The molecule has 0 bridgehead atoms. The molecule has 0 spiro atoms. The van der Waals surface area contributed by atoms with Crippen LogP contribution in [0.2, 0.25) is 0 Å². The van der Waals surface area contributed by atoms with Crippen LogP contribution in [0, 0.1) is 0 Å². The predicted octanol–water partition coefficient (Wildman–Crippen LogP) is 1.11. The van der Waals surface area contributed by atoms with Crippen molar-refractivity contribution in [1.29, 1.82) is 0 Å². The minimum atomic E-state index is -1.07. The molecule has 0 fully saturated rings. The van der Waals surface area contributed by atoms with E-state index in [2.05, 4.69) is 15.6 Å². The normalized spacial score (nSPS) is 11.9. The molecule has 1 aromatic rings. The van der Waals surface area contributed by atoms with Crippen molar-refractivity contribution in [3.05, 3.63) is 24.0 Å². The number of carboxylic acid groups (broad SMARTS) is 1. The van der Waals surface area contributed by atoms with Crippen molar-refractivity contribution < 1.29 is 14.7 Å². The molecule has 1 heterocycles. The first-order valence-electron chi connectivity index (χ1n) is 5.74. The smallest absolute Gasteiger partial charge is 0.337 e. The summed E-state index contributed by atoms with van der Waals surface area (Å²) in [4.78, 5) is 26.0. The van der Waals surface area contributed by atoms with Crippen molar-refractivity contribution in [3.63, 3.8) is 0 Å². The predicted molar refractivity (Wildman–Crippen MR) is 67.6 cm³/mol. The second-order valence-corrected chi connectivity index (χ2v) is 4.01. The van der Waals surface area contributed by atoms with E-state index in [9.17, 15) is 9.59 Å². The molecule has 0 aliphatic carbocycles. The lowest BCUT2D eigenvalue weighted by molar-refractivity contribution is -0.115. The Morgan fingerprint density at radius 1 is 1.44 bits per heavy atom. The molecule has 1 unspecified atom stereocenters. The van der Waals surface area contributed by atoms with Crippen LogP contribution >= 0.6 is 0 Å². The van der Waals surface area contributed by atoms with E-state index in [1.807, 2.05) is 13.8 Å². The van der Waals surface area contributed by atoms with Gasteiger partial charge in [-0.05, 0) is 19.4 Å². The molecule has 0 aliphatic rings. The van der Waals surface area contributed by atoms with Gasteiger partial charge in [-0.15, -0.1) is 0 Å². The van der Waals surface area contributed by atoms with Crippen molar-refractivity contribution >= 4 is 17.6 Å². The summed E-state index contributed by atoms with van der Waals surface area (Å²) in [7, 11) is 0. The molecule has 0 aliphatic heterocycles. The molecular weight excluding hydrogens is 234 g/mol. The number of amides is 1. The summed E-state index contributed by atoms with van der Waals surface area (Å²) in [6.45, 7) is 4.20. The van der Waals surface area contributed by atoms with Gasteiger partial charge in [-0.1, -0.05) is 6.92 Å². The van der Waals surface area contributed by atoms with Crippen LogP contribution in [0.1, 0.15) is 30.6 Å². The van der Waals surface area contributed by atoms with Gasteiger partial charge in [0.25, 0.3) is 0 Å². The number of anilines is 1. The Morgan fingerprint density at radius 2 is 2.17 bits per heavy atom. The minimum Gasteiger partial charge on any atom is -0.478 e. The number of carbonyl (C=O) groups excluding carboxylic acids is 1. The summed E-state index contributed by atoms with van der Waals surface area (Å²) < 4.78 is 0. The van der Waals surface area contributed by atoms with Crippen LogP contribution in [-0.2, 0) is 4.79 Å².